The van der Waals surface area contributed by atoms with Gasteiger partial charge in [0.25, 0.3) is 0 Å². The van der Waals surface area contributed by atoms with Crippen molar-refractivity contribution in [2.24, 2.45) is 0 Å². The largest absolute Gasteiger partial charge is 0.480 e. The Morgan fingerprint density at radius 2 is 2.18 bits per heavy atom. The van der Waals surface area contributed by atoms with Gasteiger partial charge in [-0.1, -0.05) is 0 Å². The molecular formula is C11H20N2O3S. The van der Waals surface area contributed by atoms with E-state index in [1.165, 1.54) is 4.90 Å². The molecular weight excluding hydrogens is 240 g/mol. The average molecular weight is 260 g/mol. The summed E-state index contributed by atoms with van der Waals surface area (Å²) in [6.45, 7) is 5.14. The van der Waals surface area contributed by atoms with Crippen LogP contribution in [0, 0.1) is 0 Å². The van der Waals surface area contributed by atoms with Gasteiger partial charge in [-0.15, -0.1) is 0 Å². The van der Waals surface area contributed by atoms with Crippen molar-refractivity contribution >= 4 is 23.8 Å². The summed E-state index contributed by atoms with van der Waals surface area (Å²) in [5.74, 6) is -0.915. The molecule has 0 spiro atoms. The number of carboxylic acid groups (broad SMARTS) is 1. The number of hydrogen-bond acceptors (Lipinski definition) is 3. The summed E-state index contributed by atoms with van der Waals surface area (Å²) < 4.78 is -0.0336. The van der Waals surface area contributed by atoms with Gasteiger partial charge < -0.3 is 15.3 Å². The number of aliphatic carboxylic acids is 1. The number of thioether (sulfide) groups is 1. The molecule has 1 rings (SSSR count). The van der Waals surface area contributed by atoms with Gasteiger partial charge in [0.15, 0.2) is 0 Å². The lowest BCUT2D eigenvalue weighted by Crippen LogP contribution is -2.48. The van der Waals surface area contributed by atoms with Gasteiger partial charge in [0.05, 0.1) is 0 Å². The van der Waals surface area contributed by atoms with Gasteiger partial charge in [-0.25, -0.2) is 9.59 Å². The van der Waals surface area contributed by atoms with E-state index < -0.39 is 12.0 Å². The summed E-state index contributed by atoms with van der Waals surface area (Å²) in [5, 5.41) is 11.8. The molecule has 0 bridgehead atoms. The van der Waals surface area contributed by atoms with Gasteiger partial charge in [0, 0.05) is 17.8 Å². The molecule has 0 aromatic heterocycles. The van der Waals surface area contributed by atoms with Crippen LogP contribution in [0.4, 0.5) is 4.79 Å². The monoisotopic (exact) mass is 260 g/mol. The van der Waals surface area contributed by atoms with Crippen LogP contribution in [0.2, 0.25) is 0 Å². The van der Waals surface area contributed by atoms with E-state index in [0.29, 0.717) is 19.5 Å². The lowest BCUT2D eigenvalue weighted by molar-refractivity contribution is -0.141. The number of urea groups is 1. The first-order chi connectivity index (χ1) is 7.87. The van der Waals surface area contributed by atoms with Crippen molar-refractivity contribution < 1.29 is 14.7 Å². The summed E-state index contributed by atoms with van der Waals surface area (Å²) >= 11 is 1.67. The van der Waals surface area contributed by atoms with Crippen LogP contribution in [0.1, 0.15) is 26.7 Å². The fourth-order valence-electron chi connectivity index (χ4n) is 1.73. The molecule has 2 N–H and O–H groups in total. The molecule has 1 atom stereocenters. The Hall–Kier alpha value is -0.910. The van der Waals surface area contributed by atoms with Crippen LogP contribution in [0.25, 0.3) is 0 Å². The number of carbonyl (C=O) groups is 2. The maximum absolute atomic E-state index is 11.9. The molecule has 17 heavy (non-hydrogen) atoms. The smallest absolute Gasteiger partial charge is 0.326 e. The van der Waals surface area contributed by atoms with Crippen LogP contribution >= 0.6 is 11.8 Å². The van der Waals surface area contributed by atoms with Crippen LogP contribution in [-0.2, 0) is 4.79 Å². The minimum Gasteiger partial charge on any atom is -0.480 e. The standard InChI is InChI=1S/C11H20N2O3S/c1-11(2,17-3)7-12-10(16)13-6-4-5-8(13)9(14)15/h8H,4-7H2,1-3H3,(H,12,16)(H,14,15). The summed E-state index contributed by atoms with van der Waals surface area (Å²) in [4.78, 5) is 24.2. The molecule has 0 radical (unpaired) electrons. The van der Waals surface area contributed by atoms with E-state index in [4.69, 9.17) is 5.11 Å². The number of amides is 2. The number of carbonyl (C=O) groups excluding carboxylic acids is 1. The molecule has 6 heteroatoms. The van der Waals surface area contributed by atoms with Crippen molar-refractivity contribution in [3.05, 3.63) is 0 Å². The first kappa shape index (κ1) is 14.2. The molecule has 0 aromatic carbocycles. The van der Waals surface area contributed by atoms with E-state index in [-0.39, 0.29) is 10.8 Å². The highest BCUT2D eigenvalue weighted by Gasteiger charge is 2.34. The Bertz CT molecular complexity index is 307. The molecule has 0 aromatic rings. The summed E-state index contributed by atoms with van der Waals surface area (Å²) in [5.41, 5.74) is 0. The quantitative estimate of drug-likeness (QED) is 0.801. The normalized spacial score (nSPS) is 20.4. The molecule has 98 valence electrons. The van der Waals surface area contributed by atoms with Gasteiger partial charge in [-0.05, 0) is 32.9 Å². The van der Waals surface area contributed by atoms with E-state index in [2.05, 4.69) is 5.32 Å². The lowest BCUT2D eigenvalue weighted by Gasteiger charge is -2.26. The number of nitrogens with zero attached hydrogens (tertiary/aromatic N) is 1. The average Bonchev–Trinajstić information content (AvgIpc) is 2.75. The SMILES string of the molecule is CSC(C)(C)CNC(=O)N1CCCC1C(=O)O. The third-order valence-corrected chi connectivity index (χ3v) is 4.27. The maximum Gasteiger partial charge on any atom is 0.326 e. The van der Waals surface area contributed by atoms with Gasteiger partial charge in [0.2, 0.25) is 0 Å². The second-order valence-electron chi connectivity index (χ2n) is 4.81. The Morgan fingerprint density at radius 1 is 1.53 bits per heavy atom. The molecule has 1 fully saturated rings. The van der Waals surface area contributed by atoms with Gasteiger partial charge >= 0.3 is 12.0 Å². The van der Waals surface area contributed by atoms with Gasteiger partial charge in [-0.2, -0.15) is 11.8 Å². The Balaban J connectivity index is 2.50. The highest BCUT2D eigenvalue weighted by molar-refractivity contribution is 7.99. The van der Waals surface area contributed by atoms with Crippen LogP contribution in [-0.4, -0.2) is 52.1 Å². The molecule has 1 saturated heterocycles. The Morgan fingerprint density at radius 3 is 2.71 bits per heavy atom. The summed E-state index contributed by atoms with van der Waals surface area (Å²) in [7, 11) is 0. The fraction of sp³-hybridized carbons (Fsp3) is 0.818. The molecule has 1 aliphatic rings. The van der Waals surface area contributed by atoms with Crippen molar-refractivity contribution in [1.82, 2.24) is 10.2 Å². The second kappa shape index (κ2) is 5.62. The van der Waals surface area contributed by atoms with Crippen molar-refractivity contribution in [2.75, 3.05) is 19.3 Å². The number of hydrogen-bond donors (Lipinski definition) is 2. The molecule has 0 saturated carbocycles. The van der Waals surface area contributed by atoms with Crippen molar-refractivity contribution in [1.29, 1.82) is 0 Å². The number of nitrogens with one attached hydrogen (secondary N) is 1. The minimum absolute atomic E-state index is 0.0336. The first-order valence-corrected chi connectivity index (χ1v) is 6.92. The van der Waals surface area contributed by atoms with E-state index in [1.54, 1.807) is 11.8 Å². The molecule has 5 nitrogen and oxygen atoms in total. The van der Waals surface area contributed by atoms with Crippen molar-refractivity contribution in [3.63, 3.8) is 0 Å². The molecule has 2 amide bonds. The molecule has 0 aliphatic carbocycles. The van der Waals surface area contributed by atoms with Crippen LogP contribution in [0.15, 0.2) is 0 Å². The predicted octanol–water partition coefficient (Wildman–Crippen LogP) is 1.39. The van der Waals surface area contributed by atoms with Crippen LogP contribution < -0.4 is 5.32 Å². The topological polar surface area (TPSA) is 69.6 Å². The van der Waals surface area contributed by atoms with Gasteiger partial charge in [-0.3, -0.25) is 0 Å². The lowest BCUT2D eigenvalue weighted by atomic mass is 10.2. The third kappa shape index (κ3) is 3.80. The second-order valence-corrected chi connectivity index (χ2v) is 6.33. The number of likely N-dealkylation sites (tertiary alicyclic amines) is 1. The first-order valence-electron chi connectivity index (χ1n) is 5.70. The minimum atomic E-state index is -0.915. The zero-order chi connectivity index (χ0) is 13.1. The predicted molar refractivity (Wildman–Crippen MR) is 68.4 cm³/mol. The highest BCUT2D eigenvalue weighted by atomic mass is 32.2. The van der Waals surface area contributed by atoms with E-state index in [1.807, 2.05) is 20.1 Å². The van der Waals surface area contributed by atoms with Crippen molar-refractivity contribution in [3.8, 4) is 0 Å². The molecule has 1 unspecified atom stereocenters. The summed E-state index contributed by atoms with van der Waals surface area (Å²) in [6, 6.07) is -0.926. The van der Waals surface area contributed by atoms with E-state index in [0.717, 1.165) is 6.42 Å². The van der Waals surface area contributed by atoms with Crippen LogP contribution in [0.5, 0.6) is 0 Å². The van der Waals surface area contributed by atoms with E-state index in [9.17, 15) is 9.59 Å². The number of carboxylic acids is 1. The van der Waals surface area contributed by atoms with Crippen molar-refractivity contribution in [2.45, 2.75) is 37.5 Å². The highest BCUT2D eigenvalue weighted by Crippen LogP contribution is 2.21. The fourth-order valence-corrected chi connectivity index (χ4v) is 1.95. The van der Waals surface area contributed by atoms with E-state index >= 15 is 0 Å². The molecule has 1 heterocycles. The van der Waals surface area contributed by atoms with Crippen LogP contribution in [0.3, 0.4) is 0 Å². The zero-order valence-corrected chi connectivity index (χ0v) is 11.3. The molecule has 1 aliphatic heterocycles. The zero-order valence-electron chi connectivity index (χ0n) is 10.5. The maximum atomic E-state index is 11.9. The van der Waals surface area contributed by atoms with Gasteiger partial charge in [0.1, 0.15) is 6.04 Å². The Labute approximate surface area is 106 Å². The number of rotatable bonds is 4. The third-order valence-electron chi connectivity index (χ3n) is 3.02. The summed E-state index contributed by atoms with van der Waals surface area (Å²) in [6.07, 6.45) is 3.30. The Kier molecular flexibility index (Phi) is 4.68.